The number of hydrogen-bond acceptors (Lipinski definition) is 3. The molecule has 0 unspecified atom stereocenters. The predicted octanol–water partition coefficient (Wildman–Crippen LogP) is 3.31. The minimum atomic E-state index is -0.0674. The van der Waals surface area contributed by atoms with Crippen LogP contribution in [0.1, 0.15) is 61.7 Å². The van der Waals surface area contributed by atoms with Crippen molar-refractivity contribution in [2.75, 3.05) is 39.3 Å². The van der Waals surface area contributed by atoms with Gasteiger partial charge in [-0.3, -0.25) is 9.59 Å². The normalized spacial score (nSPS) is 24.1. The van der Waals surface area contributed by atoms with E-state index in [2.05, 4.69) is 10.2 Å². The van der Waals surface area contributed by atoms with Gasteiger partial charge in [-0.1, -0.05) is 37.5 Å². The van der Waals surface area contributed by atoms with E-state index in [4.69, 9.17) is 0 Å². The van der Waals surface area contributed by atoms with Crippen LogP contribution in [0.4, 0.5) is 0 Å². The number of rotatable bonds is 6. The Morgan fingerprint density at radius 1 is 1.00 bits per heavy atom. The third kappa shape index (κ3) is 4.66. The van der Waals surface area contributed by atoms with E-state index in [-0.39, 0.29) is 23.1 Å². The van der Waals surface area contributed by atoms with Crippen molar-refractivity contribution in [3.63, 3.8) is 0 Å². The van der Waals surface area contributed by atoms with Gasteiger partial charge in [-0.15, -0.1) is 0 Å². The molecule has 3 fully saturated rings. The fourth-order valence-corrected chi connectivity index (χ4v) is 5.65. The van der Waals surface area contributed by atoms with E-state index in [1.165, 1.54) is 45.2 Å². The third-order valence-corrected chi connectivity index (χ3v) is 7.27. The van der Waals surface area contributed by atoms with Crippen molar-refractivity contribution in [2.24, 2.45) is 11.3 Å². The first-order valence-corrected chi connectivity index (χ1v) is 11.5. The lowest BCUT2D eigenvalue weighted by Gasteiger charge is -2.37. The molecule has 5 heteroatoms. The summed E-state index contributed by atoms with van der Waals surface area (Å²) in [6.45, 7) is 5.52. The molecule has 1 aliphatic carbocycles. The van der Waals surface area contributed by atoms with Crippen molar-refractivity contribution in [3.05, 3.63) is 35.9 Å². The monoisotopic (exact) mass is 397 g/mol. The molecular weight excluding hydrogens is 362 g/mol. The minimum Gasteiger partial charge on any atom is -0.356 e. The molecule has 0 radical (unpaired) electrons. The molecule has 4 rings (SSSR count). The van der Waals surface area contributed by atoms with Crippen LogP contribution in [-0.4, -0.2) is 60.9 Å². The molecule has 1 atom stereocenters. The van der Waals surface area contributed by atoms with Crippen molar-refractivity contribution in [2.45, 2.75) is 51.4 Å². The smallest absolute Gasteiger partial charge is 0.253 e. The first-order valence-electron chi connectivity index (χ1n) is 11.5. The molecule has 2 aliphatic heterocycles. The molecule has 1 aromatic carbocycles. The summed E-state index contributed by atoms with van der Waals surface area (Å²) >= 11 is 0. The van der Waals surface area contributed by atoms with Crippen LogP contribution in [0.5, 0.6) is 0 Å². The van der Waals surface area contributed by atoms with E-state index in [1.54, 1.807) is 0 Å². The standard InChI is InChI=1S/C24H35N3O2/c28-22(25-14-9-17-26-15-7-8-16-26)21-18-27(19-24(21)12-5-2-6-13-24)23(29)20-10-3-1-4-11-20/h1,3-4,10-11,21H,2,5-9,12-19H2,(H,25,28)/t21-/m1/s1. The van der Waals surface area contributed by atoms with Crippen LogP contribution < -0.4 is 5.32 Å². The SMILES string of the molecule is O=C(NCCCN1CCCC1)[C@H]1CN(C(=O)c2ccccc2)CC12CCCCC2. The van der Waals surface area contributed by atoms with Gasteiger partial charge in [-0.05, 0) is 63.9 Å². The van der Waals surface area contributed by atoms with E-state index in [9.17, 15) is 9.59 Å². The van der Waals surface area contributed by atoms with Crippen LogP contribution in [0.3, 0.4) is 0 Å². The molecule has 0 aromatic heterocycles. The summed E-state index contributed by atoms with van der Waals surface area (Å²) in [5, 5.41) is 3.22. The molecule has 2 amide bonds. The molecule has 5 nitrogen and oxygen atoms in total. The van der Waals surface area contributed by atoms with E-state index in [1.807, 2.05) is 35.2 Å². The zero-order valence-electron chi connectivity index (χ0n) is 17.6. The quantitative estimate of drug-likeness (QED) is 0.750. The summed E-state index contributed by atoms with van der Waals surface area (Å²) in [6, 6.07) is 9.50. The van der Waals surface area contributed by atoms with Gasteiger partial charge in [-0.25, -0.2) is 0 Å². The molecule has 2 heterocycles. The zero-order valence-corrected chi connectivity index (χ0v) is 17.6. The molecule has 1 N–H and O–H groups in total. The van der Waals surface area contributed by atoms with Gasteiger partial charge in [0.05, 0.1) is 5.92 Å². The van der Waals surface area contributed by atoms with Gasteiger partial charge in [0.2, 0.25) is 5.91 Å². The van der Waals surface area contributed by atoms with Crippen LogP contribution in [-0.2, 0) is 4.79 Å². The molecule has 158 valence electrons. The van der Waals surface area contributed by atoms with Crippen LogP contribution >= 0.6 is 0 Å². The lowest BCUT2D eigenvalue weighted by molar-refractivity contribution is -0.128. The lowest BCUT2D eigenvalue weighted by atomic mass is 9.67. The second kappa shape index (κ2) is 9.29. The van der Waals surface area contributed by atoms with E-state index >= 15 is 0 Å². The van der Waals surface area contributed by atoms with Crippen LogP contribution in [0.25, 0.3) is 0 Å². The maximum atomic E-state index is 13.2. The Hall–Kier alpha value is -1.88. The number of benzene rings is 1. The first-order chi connectivity index (χ1) is 14.2. The number of carbonyl (C=O) groups is 2. The second-order valence-electron chi connectivity index (χ2n) is 9.22. The number of nitrogens with zero attached hydrogens (tertiary/aromatic N) is 2. The molecule has 1 aromatic rings. The van der Waals surface area contributed by atoms with Crippen molar-refractivity contribution in [3.8, 4) is 0 Å². The highest BCUT2D eigenvalue weighted by atomic mass is 16.2. The van der Waals surface area contributed by atoms with Crippen molar-refractivity contribution < 1.29 is 9.59 Å². The highest BCUT2D eigenvalue weighted by Gasteiger charge is 2.51. The Bertz CT molecular complexity index is 693. The zero-order chi connectivity index (χ0) is 20.1. The summed E-state index contributed by atoms with van der Waals surface area (Å²) in [5.41, 5.74) is 0.701. The molecular formula is C24H35N3O2. The van der Waals surface area contributed by atoms with Gasteiger partial charge < -0.3 is 15.1 Å². The number of likely N-dealkylation sites (tertiary alicyclic amines) is 2. The Kier molecular flexibility index (Phi) is 6.53. The van der Waals surface area contributed by atoms with Crippen molar-refractivity contribution in [1.29, 1.82) is 0 Å². The van der Waals surface area contributed by atoms with Crippen LogP contribution in [0.15, 0.2) is 30.3 Å². The van der Waals surface area contributed by atoms with Crippen LogP contribution in [0.2, 0.25) is 0 Å². The van der Waals surface area contributed by atoms with Gasteiger partial charge in [0.15, 0.2) is 0 Å². The Morgan fingerprint density at radius 3 is 2.45 bits per heavy atom. The topological polar surface area (TPSA) is 52.7 Å². The first kappa shape index (κ1) is 20.4. The van der Waals surface area contributed by atoms with Crippen molar-refractivity contribution >= 4 is 11.8 Å². The summed E-state index contributed by atoms with van der Waals surface area (Å²) in [6.07, 6.45) is 9.36. The van der Waals surface area contributed by atoms with Gasteiger partial charge in [0, 0.05) is 30.6 Å². The van der Waals surface area contributed by atoms with E-state index in [0.29, 0.717) is 6.54 Å². The number of carbonyl (C=O) groups excluding carboxylic acids is 2. The highest BCUT2D eigenvalue weighted by Crippen LogP contribution is 2.48. The van der Waals surface area contributed by atoms with Crippen molar-refractivity contribution in [1.82, 2.24) is 15.1 Å². The molecule has 1 spiro atoms. The number of hydrogen-bond donors (Lipinski definition) is 1. The fraction of sp³-hybridized carbons (Fsp3) is 0.667. The van der Waals surface area contributed by atoms with E-state index < -0.39 is 0 Å². The molecule has 2 saturated heterocycles. The second-order valence-corrected chi connectivity index (χ2v) is 9.22. The molecule has 29 heavy (non-hydrogen) atoms. The van der Waals surface area contributed by atoms with Crippen LogP contribution in [0, 0.1) is 11.3 Å². The summed E-state index contributed by atoms with van der Waals surface area (Å²) < 4.78 is 0. The Morgan fingerprint density at radius 2 is 1.72 bits per heavy atom. The average Bonchev–Trinajstić information content (AvgIpc) is 3.40. The Labute approximate surface area is 174 Å². The van der Waals surface area contributed by atoms with Gasteiger partial charge >= 0.3 is 0 Å². The van der Waals surface area contributed by atoms with Gasteiger partial charge in [0.25, 0.3) is 5.91 Å². The minimum absolute atomic E-state index is 0.0261. The molecule has 0 bridgehead atoms. The summed E-state index contributed by atoms with van der Waals surface area (Å²) in [4.78, 5) is 30.6. The number of amides is 2. The predicted molar refractivity (Wildman–Crippen MR) is 115 cm³/mol. The third-order valence-electron chi connectivity index (χ3n) is 7.27. The summed E-state index contributed by atoms with van der Waals surface area (Å²) in [5.74, 6) is 0.166. The Balaban J connectivity index is 1.38. The lowest BCUT2D eigenvalue weighted by Crippen LogP contribution is -2.43. The molecule has 1 saturated carbocycles. The average molecular weight is 398 g/mol. The maximum absolute atomic E-state index is 13.2. The fourth-order valence-electron chi connectivity index (χ4n) is 5.65. The largest absolute Gasteiger partial charge is 0.356 e. The van der Waals surface area contributed by atoms with E-state index in [0.717, 1.165) is 44.5 Å². The number of nitrogens with one attached hydrogen (secondary N) is 1. The maximum Gasteiger partial charge on any atom is 0.253 e. The van der Waals surface area contributed by atoms with Gasteiger partial charge in [-0.2, -0.15) is 0 Å². The highest BCUT2D eigenvalue weighted by molar-refractivity contribution is 5.95. The molecule has 3 aliphatic rings. The van der Waals surface area contributed by atoms with Gasteiger partial charge in [0.1, 0.15) is 0 Å². The summed E-state index contributed by atoms with van der Waals surface area (Å²) in [7, 11) is 0.